The van der Waals surface area contributed by atoms with E-state index in [0.717, 1.165) is 26.2 Å². The van der Waals surface area contributed by atoms with Gasteiger partial charge in [0.25, 0.3) is 0 Å². The first-order valence-corrected chi connectivity index (χ1v) is 4.20. The van der Waals surface area contributed by atoms with Gasteiger partial charge in [0.2, 0.25) is 0 Å². The lowest BCUT2D eigenvalue weighted by atomic mass is 9.86. The number of hydrogen-bond donors (Lipinski definition) is 0. The van der Waals surface area contributed by atoms with Crippen molar-refractivity contribution in [1.82, 2.24) is 9.62 Å². The molecule has 4 radical (unpaired) electrons. The van der Waals surface area contributed by atoms with Crippen LogP contribution in [0.5, 0.6) is 0 Å². The molecule has 2 heterocycles. The summed E-state index contributed by atoms with van der Waals surface area (Å²) in [4.78, 5) is 3.83. The van der Waals surface area contributed by atoms with Crippen LogP contribution in [-0.2, 0) is 0 Å². The van der Waals surface area contributed by atoms with E-state index in [1.54, 1.807) is 0 Å². The normalized spacial score (nSPS) is 32.0. The van der Waals surface area contributed by atoms with Gasteiger partial charge in [-0.25, -0.2) is 0 Å². The predicted octanol–water partition coefficient (Wildman–Crippen LogP) is -0.449. The van der Waals surface area contributed by atoms with Gasteiger partial charge in [0.1, 0.15) is 0 Å². The molecule has 0 atom stereocenters. The summed E-state index contributed by atoms with van der Waals surface area (Å²) >= 11 is 0. The fourth-order valence-corrected chi connectivity index (χ4v) is 2.27. The van der Waals surface area contributed by atoms with Gasteiger partial charge in [-0.15, -0.1) is 0 Å². The highest BCUT2D eigenvalue weighted by Crippen LogP contribution is 2.37. The molecule has 0 aromatic rings. The van der Waals surface area contributed by atoms with Crippen LogP contribution in [0.2, 0.25) is 0 Å². The van der Waals surface area contributed by atoms with Crippen LogP contribution in [0, 0.1) is 5.41 Å². The Balaban J connectivity index is 2.02. The van der Waals surface area contributed by atoms with E-state index in [1.165, 1.54) is 12.8 Å². The first-order chi connectivity index (χ1) is 5.20. The maximum Gasteiger partial charge on any atom is 0.182 e. The summed E-state index contributed by atoms with van der Waals surface area (Å²) in [6.45, 7) is 4.13. The highest BCUT2D eigenvalue weighted by atomic mass is 15.1. The van der Waals surface area contributed by atoms with E-state index in [2.05, 4.69) is 0 Å². The van der Waals surface area contributed by atoms with Crippen molar-refractivity contribution in [3.05, 3.63) is 0 Å². The maximum absolute atomic E-state index is 5.71. The van der Waals surface area contributed by atoms with Gasteiger partial charge < -0.3 is 9.62 Å². The largest absolute Gasteiger partial charge is 0.353 e. The van der Waals surface area contributed by atoms with Crippen LogP contribution in [0.25, 0.3) is 0 Å². The topological polar surface area (TPSA) is 6.48 Å². The first-order valence-electron chi connectivity index (χ1n) is 4.20. The third kappa shape index (κ3) is 1.34. The summed E-state index contributed by atoms with van der Waals surface area (Å²) in [5, 5.41) is 0. The van der Waals surface area contributed by atoms with Crippen molar-refractivity contribution in [2.45, 2.75) is 12.8 Å². The molecule has 0 bridgehead atoms. The molecule has 2 saturated heterocycles. The summed E-state index contributed by atoms with van der Waals surface area (Å²) in [5.74, 6) is 0. The zero-order valence-corrected chi connectivity index (χ0v) is 6.79. The van der Waals surface area contributed by atoms with Crippen molar-refractivity contribution in [3.8, 4) is 0 Å². The second kappa shape index (κ2) is 2.53. The monoisotopic (exact) mass is 146 g/mol. The van der Waals surface area contributed by atoms with Gasteiger partial charge in [-0.05, 0) is 44.4 Å². The van der Waals surface area contributed by atoms with Gasteiger partial charge in [-0.3, -0.25) is 0 Å². The zero-order chi connectivity index (χ0) is 7.90. The van der Waals surface area contributed by atoms with E-state index in [-0.39, 0.29) is 0 Å². The molecule has 4 heteroatoms. The average Bonchev–Trinajstić information content (AvgIpc) is 2.44. The van der Waals surface area contributed by atoms with Gasteiger partial charge in [-0.1, -0.05) is 0 Å². The number of rotatable bonds is 0. The molecule has 0 amide bonds. The van der Waals surface area contributed by atoms with Gasteiger partial charge in [0.15, 0.2) is 16.0 Å². The van der Waals surface area contributed by atoms with Crippen LogP contribution >= 0.6 is 0 Å². The molecule has 0 saturated carbocycles. The Morgan fingerprint density at radius 3 is 1.64 bits per heavy atom. The van der Waals surface area contributed by atoms with Crippen LogP contribution in [0.15, 0.2) is 0 Å². The van der Waals surface area contributed by atoms with Gasteiger partial charge >= 0.3 is 0 Å². The predicted molar refractivity (Wildman–Crippen MR) is 46.3 cm³/mol. The lowest BCUT2D eigenvalue weighted by Gasteiger charge is -2.22. The molecule has 0 aliphatic carbocycles. The molecule has 2 aliphatic heterocycles. The second-order valence-corrected chi connectivity index (χ2v) is 3.94. The minimum absolute atomic E-state index is 0.434. The lowest BCUT2D eigenvalue weighted by Crippen LogP contribution is -2.28. The van der Waals surface area contributed by atoms with Crippen molar-refractivity contribution in [1.29, 1.82) is 0 Å². The summed E-state index contributed by atoms with van der Waals surface area (Å²) in [7, 11) is 11.4. The molecule has 2 rings (SSSR count). The maximum atomic E-state index is 5.71. The van der Waals surface area contributed by atoms with Crippen molar-refractivity contribution >= 4 is 16.0 Å². The summed E-state index contributed by atoms with van der Waals surface area (Å²) in [6.07, 6.45) is 2.44. The molecular formula is C7H12B2N2. The standard InChI is InChI=1S/C7H12B2N2/c8-10-3-1-7(5-10)2-4-11(9)6-7/h1-6H2. The summed E-state index contributed by atoms with van der Waals surface area (Å²) in [6, 6.07) is 0. The highest BCUT2D eigenvalue weighted by molar-refractivity contribution is 6.05. The Labute approximate surface area is 70.8 Å². The van der Waals surface area contributed by atoms with E-state index in [9.17, 15) is 0 Å². The molecule has 2 fully saturated rings. The second-order valence-electron chi connectivity index (χ2n) is 3.94. The van der Waals surface area contributed by atoms with Crippen LogP contribution in [0.3, 0.4) is 0 Å². The van der Waals surface area contributed by atoms with Crippen LogP contribution in [-0.4, -0.2) is 51.8 Å². The molecule has 0 aromatic carbocycles. The van der Waals surface area contributed by atoms with Gasteiger partial charge in [-0.2, -0.15) is 0 Å². The summed E-state index contributed by atoms with van der Waals surface area (Å²) in [5.41, 5.74) is 0.434. The van der Waals surface area contributed by atoms with Crippen LogP contribution in [0.4, 0.5) is 0 Å². The quantitative estimate of drug-likeness (QED) is 0.427. The van der Waals surface area contributed by atoms with Crippen LogP contribution < -0.4 is 0 Å². The molecule has 0 aromatic heterocycles. The molecule has 2 nitrogen and oxygen atoms in total. The molecule has 0 unspecified atom stereocenters. The summed E-state index contributed by atoms with van der Waals surface area (Å²) < 4.78 is 0. The molecule has 0 N–H and O–H groups in total. The van der Waals surface area contributed by atoms with Crippen molar-refractivity contribution in [2.24, 2.45) is 5.41 Å². The molecular weight excluding hydrogens is 134 g/mol. The number of nitrogens with zero attached hydrogens (tertiary/aromatic N) is 2. The molecule has 11 heavy (non-hydrogen) atoms. The Bertz CT molecular complexity index is 145. The number of hydrogen-bond acceptors (Lipinski definition) is 2. The fourth-order valence-electron chi connectivity index (χ4n) is 2.27. The SMILES string of the molecule is [B]N1CCC2(CCN([B])C2)C1. The molecule has 2 aliphatic rings. The lowest BCUT2D eigenvalue weighted by molar-refractivity contribution is 0.325. The van der Waals surface area contributed by atoms with Gasteiger partial charge in [0, 0.05) is 0 Å². The fraction of sp³-hybridized carbons (Fsp3) is 1.00. The Hall–Kier alpha value is 0.0499. The molecule has 1 spiro atoms. The van der Waals surface area contributed by atoms with Crippen molar-refractivity contribution < 1.29 is 0 Å². The molecule has 56 valence electrons. The third-order valence-corrected chi connectivity index (χ3v) is 2.94. The minimum atomic E-state index is 0.434. The Kier molecular flexibility index (Phi) is 1.77. The average molecular weight is 146 g/mol. The smallest absolute Gasteiger partial charge is 0.182 e. The van der Waals surface area contributed by atoms with E-state index in [4.69, 9.17) is 16.0 Å². The van der Waals surface area contributed by atoms with Gasteiger partial charge in [0.05, 0.1) is 0 Å². The Morgan fingerprint density at radius 1 is 0.909 bits per heavy atom. The zero-order valence-electron chi connectivity index (χ0n) is 6.79. The first kappa shape index (κ1) is 7.69. The van der Waals surface area contributed by atoms with E-state index in [1.807, 2.05) is 9.62 Å². The van der Waals surface area contributed by atoms with E-state index in [0.29, 0.717) is 5.41 Å². The van der Waals surface area contributed by atoms with Crippen molar-refractivity contribution in [3.63, 3.8) is 0 Å². The van der Waals surface area contributed by atoms with Crippen molar-refractivity contribution in [2.75, 3.05) is 26.2 Å². The third-order valence-electron chi connectivity index (χ3n) is 2.94. The van der Waals surface area contributed by atoms with E-state index >= 15 is 0 Å². The Morgan fingerprint density at radius 2 is 1.36 bits per heavy atom. The highest BCUT2D eigenvalue weighted by Gasteiger charge is 2.40. The minimum Gasteiger partial charge on any atom is -0.353 e. The van der Waals surface area contributed by atoms with Crippen LogP contribution in [0.1, 0.15) is 12.8 Å². The van der Waals surface area contributed by atoms with E-state index < -0.39 is 0 Å².